The Morgan fingerprint density at radius 3 is 2.89 bits per heavy atom. The molecule has 1 unspecified atom stereocenters. The van der Waals surface area contributed by atoms with Gasteiger partial charge in [0.15, 0.2) is 5.12 Å². The molecular weight excluding hydrogens is 384 g/mol. The highest BCUT2D eigenvalue weighted by Gasteiger charge is 2.33. The Hall–Kier alpha value is -0.400. The Morgan fingerprint density at radius 2 is 2.28 bits per heavy atom. The number of amides is 1. The molecule has 1 atom stereocenters. The molecule has 7 heteroatoms. The van der Waals surface area contributed by atoms with Crippen LogP contribution < -0.4 is 4.90 Å². The number of pyridine rings is 1. The molecule has 2 rings (SSSR count). The summed E-state index contributed by atoms with van der Waals surface area (Å²) in [6, 6.07) is 1.85. The zero-order chi connectivity index (χ0) is 13.3. The topological polar surface area (TPSA) is 50.3 Å². The molecule has 0 spiro atoms. The summed E-state index contributed by atoms with van der Waals surface area (Å²) in [5.41, 5.74) is 0. The van der Waals surface area contributed by atoms with Gasteiger partial charge in [-0.1, -0.05) is 11.8 Å². The lowest BCUT2D eigenvalue weighted by molar-refractivity contribution is -0.117. The van der Waals surface area contributed by atoms with Gasteiger partial charge in [0.25, 0.3) is 0 Å². The van der Waals surface area contributed by atoms with Crippen LogP contribution >= 0.6 is 43.6 Å². The van der Waals surface area contributed by atoms with Gasteiger partial charge in [-0.3, -0.25) is 14.5 Å². The average Bonchev–Trinajstić information content (AvgIpc) is 2.58. The molecule has 96 valence electrons. The third-order valence-electron chi connectivity index (χ3n) is 2.47. The summed E-state index contributed by atoms with van der Waals surface area (Å²) in [6.07, 6.45) is 2.03. The van der Waals surface area contributed by atoms with Gasteiger partial charge in [0.2, 0.25) is 5.91 Å². The van der Waals surface area contributed by atoms with Crippen molar-refractivity contribution in [1.82, 2.24) is 4.98 Å². The maximum atomic E-state index is 11.9. The SMILES string of the molecule is CC(=O)SC1CC(=O)N(c2ncc(Br)cc2Br)C1. The number of nitrogens with zero attached hydrogens (tertiary/aromatic N) is 2. The van der Waals surface area contributed by atoms with Crippen LogP contribution in [0.2, 0.25) is 0 Å². The van der Waals surface area contributed by atoms with Crippen LogP contribution in [0.5, 0.6) is 0 Å². The van der Waals surface area contributed by atoms with Crippen LogP contribution in [-0.2, 0) is 9.59 Å². The first-order valence-corrected chi connectivity index (χ1v) is 7.72. The van der Waals surface area contributed by atoms with Crippen molar-refractivity contribution in [2.75, 3.05) is 11.4 Å². The monoisotopic (exact) mass is 392 g/mol. The van der Waals surface area contributed by atoms with Crippen LogP contribution in [0.25, 0.3) is 0 Å². The first kappa shape index (κ1) is 14.0. The smallest absolute Gasteiger partial charge is 0.229 e. The molecule has 0 radical (unpaired) electrons. The van der Waals surface area contributed by atoms with E-state index in [0.717, 1.165) is 8.95 Å². The van der Waals surface area contributed by atoms with Gasteiger partial charge in [-0.25, -0.2) is 4.98 Å². The summed E-state index contributed by atoms with van der Waals surface area (Å²) in [7, 11) is 0. The van der Waals surface area contributed by atoms with Gasteiger partial charge < -0.3 is 0 Å². The Balaban J connectivity index is 2.19. The van der Waals surface area contributed by atoms with Gasteiger partial charge >= 0.3 is 0 Å². The van der Waals surface area contributed by atoms with Crippen molar-refractivity contribution in [1.29, 1.82) is 0 Å². The molecular formula is C11H10Br2N2O2S. The minimum atomic E-state index is 0.00396. The Bertz CT molecular complexity index is 510. The second kappa shape index (κ2) is 5.71. The lowest BCUT2D eigenvalue weighted by Crippen LogP contribution is -2.26. The van der Waals surface area contributed by atoms with Crippen molar-refractivity contribution < 1.29 is 9.59 Å². The summed E-state index contributed by atoms with van der Waals surface area (Å²) in [5, 5.41) is 0.0600. The van der Waals surface area contributed by atoms with E-state index in [2.05, 4.69) is 36.8 Å². The summed E-state index contributed by atoms with van der Waals surface area (Å²) in [4.78, 5) is 28.9. The quantitative estimate of drug-likeness (QED) is 0.774. The standard InChI is InChI=1S/C11H10Br2N2O2S/c1-6(16)18-8-3-10(17)15(5-8)11-9(13)2-7(12)4-14-11/h2,4,8H,3,5H2,1H3. The molecule has 0 bridgehead atoms. The van der Waals surface area contributed by atoms with E-state index in [1.807, 2.05) is 6.07 Å². The molecule has 0 aromatic carbocycles. The molecule has 1 aliphatic heterocycles. The van der Waals surface area contributed by atoms with E-state index in [1.165, 1.54) is 18.7 Å². The number of carbonyl (C=O) groups is 2. The number of anilines is 1. The molecule has 1 aromatic heterocycles. The molecule has 1 amide bonds. The Labute approximate surface area is 126 Å². The van der Waals surface area contributed by atoms with E-state index in [1.54, 1.807) is 11.1 Å². The van der Waals surface area contributed by atoms with Gasteiger partial charge in [0.1, 0.15) is 5.82 Å². The van der Waals surface area contributed by atoms with Crippen LogP contribution in [0.3, 0.4) is 0 Å². The number of carbonyl (C=O) groups excluding carboxylic acids is 2. The van der Waals surface area contributed by atoms with Crippen molar-refractivity contribution in [3.63, 3.8) is 0 Å². The van der Waals surface area contributed by atoms with Gasteiger partial charge in [-0.05, 0) is 37.9 Å². The molecule has 4 nitrogen and oxygen atoms in total. The lowest BCUT2D eigenvalue weighted by atomic mass is 10.4. The van der Waals surface area contributed by atoms with Crippen LogP contribution in [0.4, 0.5) is 5.82 Å². The Morgan fingerprint density at radius 1 is 1.56 bits per heavy atom. The van der Waals surface area contributed by atoms with E-state index < -0.39 is 0 Å². The Kier molecular flexibility index (Phi) is 4.45. The van der Waals surface area contributed by atoms with Gasteiger partial charge in [0, 0.05) is 35.8 Å². The van der Waals surface area contributed by atoms with Crippen molar-refractivity contribution in [3.8, 4) is 0 Å². The maximum Gasteiger partial charge on any atom is 0.229 e. The van der Waals surface area contributed by atoms with Crippen LogP contribution in [-0.4, -0.2) is 27.8 Å². The van der Waals surface area contributed by atoms with Crippen LogP contribution in [0, 0.1) is 0 Å². The van der Waals surface area contributed by atoms with Crippen molar-refractivity contribution in [2.45, 2.75) is 18.6 Å². The van der Waals surface area contributed by atoms with Gasteiger partial charge in [-0.2, -0.15) is 0 Å². The maximum absolute atomic E-state index is 11.9. The molecule has 0 N–H and O–H groups in total. The molecule has 0 saturated carbocycles. The highest BCUT2D eigenvalue weighted by Crippen LogP contribution is 2.32. The molecule has 0 aliphatic carbocycles. The minimum Gasteiger partial charge on any atom is -0.295 e. The number of hydrogen-bond donors (Lipinski definition) is 0. The lowest BCUT2D eigenvalue weighted by Gasteiger charge is -2.16. The first-order chi connectivity index (χ1) is 8.47. The zero-order valence-electron chi connectivity index (χ0n) is 9.52. The predicted octanol–water partition coefficient (Wildman–Crippen LogP) is 2.99. The largest absolute Gasteiger partial charge is 0.295 e. The fraction of sp³-hybridized carbons (Fsp3) is 0.364. The molecule has 1 aliphatic rings. The molecule has 1 aromatic rings. The number of halogens is 2. The average molecular weight is 394 g/mol. The van der Waals surface area contributed by atoms with Gasteiger partial charge in [0.05, 0.1) is 4.47 Å². The molecule has 1 saturated heterocycles. The molecule has 1 fully saturated rings. The second-order valence-corrected chi connectivity index (χ2v) is 7.15. The fourth-order valence-corrected chi connectivity index (χ4v) is 3.92. The first-order valence-electron chi connectivity index (χ1n) is 5.26. The van der Waals surface area contributed by atoms with E-state index >= 15 is 0 Å². The molecule has 18 heavy (non-hydrogen) atoms. The van der Waals surface area contributed by atoms with Crippen molar-refractivity contribution >= 4 is 60.5 Å². The summed E-state index contributed by atoms with van der Waals surface area (Å²) >= 11 is 7.93. The van der Waals surface area contributed by atoms with Crippen LogP contribution in [0.1, 0.15) is 13.3 Å². The summed E-state index contributed by atoms with van der Waals surface area (Å²) in [5.74, 6) is 0.610. The number of thioether (sulfide) groups is 1. The minimum absolute atomic E-state index is 0.00396. The third kappa shape index (κ3) is 3.13. The zero-order valence-corrected chi connectivity index (χ0v) is 13.5. The van der Waals surface area contributed by atoms with E-state index in [4.69, 9.17) is 0 Å². The highest BCUT2D eigenvalue weighted by atomic mass is 79.9. The van der Waals surface area contributed by atoms with Crippen LogP contribution in [0.15, 0.2) is 21.2 Å². The second-order valence-electron chi connectivity index (χ2n) is 3.90. The van der Waals surface area contributed by atoms with Gasteiger partial charge in [-0.15, -0.1) is 0 Å². The number of hydrogen-bond acceptors (Lipinski definition) is 4. The van der Waals surface area contributed by atoms with Crippen molar-refractivity contribution in [2.24, 2.45) is 0 Å². The number of rotatable bonds is 2. The summed E-state index contributed by atoms with van der Waals surface area (Å²) in [6.45, 7) is 2.04. The number of aromatic nitrogens is 1. The normalized spacial score (nSPS) is 19.4. The third-order valence-corrected chi connectivity index (χ3v) is 4.46. The fourth-order valence-electron chi connectivity index (χ4n) is 1.80. The highest BCUT2D eigenvalue weighted by molar-refractivity contribution is 9.11. The van der Waals surface area contributed by atoms with E-state index in [9.17, 15) is 9.59 Å². The molecule has 2 heterocycles. The van der Waals surface area contributed by atoms with E-state index in [-0.39, 0.29) is 16.3 Å². The predicted molar refractivity (Wildman–Crippen MR) is 78.7 cm³/mol. The van der Waals surface area contributed by atoms with E-state index in [0.29, 0.717) is 18.8 Å². The van der Waals surface area contributed by atoms with Crippen molar-refractivity contribution in [3.05, 3.63) is 21.2 Å². The summed E-state index contributed by atoms with van der Waals surface area (Å²) < 4.78 is 1.61.